The molecule has 2 heteroatoms. The average molecular weight is 257 g/mol. The van der Waals surface area contributed by atoms with Crippen LogP contribution in [0.1, 0.15) is 24.5 Å². The minimum Gasteiger partial charge on any atom is -0.383 e. The number of halogens is 1. The van der Waals surface area contributed by atoms with E-state index in [1.165, 1.54) is 11.6 Å². The van der Waals surface area contributed by atoms with Crippen molar-refractivity contribution in [3.63, 3.8) is 0 Å². The van der Waals surface area contributed by atoms with Crippen molar-refractivity contribution < 1.29 is 4.39 Å². The van der Waals surface area contributed by atoms with Crippen LogP contribution >= 0.6 is 0 Å². The minimum absolute atomic E-state index is 0.150. The molecule has 0 aromatic heterocycles. The van der Waals surface area contributed by atoms with E-state index in [1.54, 1.807) is 13.0 Å². The van der Waals surface area contributed by atoms with Crippen molar-refractivity contribution in [3.05, 3.63) is 65.5 Å². The third-order valence-electron chi connectivity index (χ3n) is 3.28. The molecule has 2 aromatic carbocycles. The van der Waals surface area contributed by atoms with Gasteiger partial charge in [-0.1, -0.05) is 30.3 Å². The summed E-state index contributed by atoms with van der Waals surface area (Å²) < 4.78 is 13.2. The summed E-state index contributed by atoms with van der Waals surface area (Å²) >= 11 is 0. The molecule has 2 aromatic rings. The Kier molecular flexibility index (Phi) is 4.56. The number of hydrogen-bond donors (Lipinski definition) is 1. The molecule has 1 atom stereocenters. The monoisotopic (exact) mass is 257 g/mol. The van der Waals surface area contributed by atoms with E-state index >= 15 is 0 Å². The third kappa shape index (κ3) is 4.09. The number of hydrogen-bond acceptors (Lipinski definition) is 1. The molecule has 0 saturated carbocycles. The maximum absolute atomic E-state index is 13.2. The average Bonchev–Trinajstić information content (AvgIpc) is 2.42. The first-order chi connectivity index (χ1) is 9.15. The molecule has 0 radical (unpaired) electrons. The number of benzene rings is 2. The SMILES string of the molecule is Cc1cc(NC(C)CCc2ccccc2)ccc1F. The molecule has 2 rings (SSSR count). The van der Waals surface area contributed by atoms with Crippen molar-refractivity contribution in [1.82, 2.24) is 0 Å². The Balaban J connectivity index is 1.87. The van der Waals surface area contributed by atoms with Gasteiger partial charge in [-0.05, 0) is 56.0 Å². The fourth-order valence-electron chi connectivity index (χ4n) is 2.12. The Labute approximate surface area is 114 Å². The van der Waals surface area contributed by atoms with Crippen LogP contribution in [-0.4, -0.2) is 6.04 Å². The van der Waals surface area contributed by atoms with Gasteiger partial charge in [-0.3, -0.25) is 0 Å². The second kappa shape index (κ2) is 6.37. The molecule has 1 nitrogen and oxygen atoms in total. The number of nitrogens with one attached hydrogen (secondary N) is 1. The predicted molar refractivity (Wildman–Crippen MR) is 79.0 cm³/mol. The molecular formula is C17H20FN. The summed E-state index contributed by atoms with van der Waals surface area (Å²) in [5.41, 5.74) is 3.02. The number of rotatable bonds is 5. The van der Waals surface area contributed by atoms with Crippen molar-refractivity contribution >= 4 is 5.69 Å². The topological polar surface area (TPSA) is 12.0 Å². The lowest BCUT2D eigenvalue weighted by molar-refractivity contribution is 0.618. The largest absolute Gasteiger partial charge is 0.383 e. The Bertz CT molecular complexity index is 522. The summed E-state index contributed by atoms with van der Waals surface area (Å²) in [7, 11) is 0. The first-order valence-corrected chi connectivity index (χ1v) is 6.72. The van der Waals surface area contributed by atoms with Gasteiger partial charge in [-0.25, -0.2) is 4.39 Å². The zero-order chi connectivity index (χ0) is 13.7. The first kappa shape index (κ1) is 13.6. The van der Waals surface area contributed by atoms with Gasteiger partial charge in [0.15, 0.2) is 0 Å². The maximum atomic E-state index is 13.2. The zero-order valence-electron chi connectivity index (χ0n) is 11.5. The van der Waals surface area contributed by atoms with E-state index in [0.717, 1.165) is 18.5 Å². The molecule has 1 N–H and O–H groups in total. The second-order valence-electron chi connectivity index (χ2n) is 5.03. The van der Waals surface area contributed by atoms with Crippen molar-refractivity contribution in [2.45, 2.75) is 32.7 Å². The van der Waals surface area contributed by atoms with Gasteiger partial charge in [0.05, 0.1) is 0 Å². The molecule has 0 aliphatic heterocycles. The Morgan fingerprint density at radius 2 is 1.84 bits per heavy atom. The van der Waals surface area contributed by atoms with E-state index in [-0.39, 0.29) is 5.82 Å². The molecule has 19 heavy (non-hydrogen) atoms. The van der Waals surface area contributed by atoms with Crippen LogP contribution in [-0.2, 0) is 6.42 Å². The summed E-state index contributed by atoms with van der Waals surface area (Å²) in [5, 5.41) is 3.41. The van der Waals surface area contributed by atoms with Crippen molar-refractivity contribution in [3.8, 4) is 0 Å². The van der Waals surface area contributed by atoms with Gasteiger partial charge in [0, 0.05) is 11.7 Å². The van der Waals surface area contributed by atoms with Gasteiger partial charge in [0.2, 0.25) is 0 Å². The van der Waals surface area contributed by atoms with Crippen LogP contribution in [0.3, 0.4) is 0 Å². The second-order valence-corrected chi connectivity index (χ2v) is 5.03. The van der Waals surface area contributed by atoms with Gasteiger partial charge >= 0.3 is 0 Å². The van der Waals surface area contributed by atoms with Crippen LogP contribution in [0.2, 0.25) is 0 Å². The van der Waals surface area contributed by atoms with E-state index in [2.05, 4.69) is 36.5 Å². The summed E-state index contributed by atoms with van der Waals surface area (Å²) in [6.45, 7) is 3.94. The Hall–Kier alpha value is -1.83. The minimum atomic E-state index is -0.150. The number of anilines is 1. The Morgan fingerprint density at radius 3 is 2.53 bits per heavy atom. The van der Waals surface area contributed by atoms with Gasteiger partial charge in [-0.15, -0.1) is 0 Å². The maximum Gasteiger partial charge on any atom is 0.126 e. The van der Waals surface area contributed by atoms with E-state index in [9.17, 15) is 4.39 Å². The highest BCUT2D eigenvalue weighted by molar-refractivity contribution is 5.46. The molecule has 0 saturated heterocycles. The molecule has 0 fully saturated rings. The van der Waals surface area contributed by atoms with Gasteiger partial charge in [0.1, 0.15) is 5.82 Å². The lowest BCUT2D eigenvalue weighted by Crippen LogP contribution is -2.16. The molecule has 0 aliphatic rings. The summed E-state index contributed by atoms with van der Waals surface area (Å²) in [5.74, 6) is -0.150. The van der Waals surface area contributed by atoms with Crippen molar-refractivity contribution in [2.75, 3.05) is 5.32 Å². The molecule has 0 spiro atoms. The highest BCUT2D eigenvalue weighted by Gasteiger charge is 2.04. The van der Waals surface area contributed by atoms with Crippen LogP contribution in [0, 0.1) is 12.7 Å². The van der Waals surface area contributed by atoms with E-state index in [0.29, 0.717) is 11.6 Å². The highest BCUT2D eigenvalue weighted by Crippen LogP contribution is 2.16. The standard InChI is InChI=1S/C17H20FN/c1-13-12-16(10-11-17(13)18)19-14(2)8-9-15-6-4-3-5-7-15/h3-7,10-12,14,19H,8-9H2,1-2H3. The lowest BCUT2D eigenvalue weighted by atomic mass is 10.1. The normalized spacial score (nSPS) is 12.2. The van der Waals surface area contributed by atoms with Gasteiger partial charge < -0.3 is 5.32 Å². The molecule has 1 unspecified atom stereocenters. The van der Waals surface area contributed by atoms with Crippen LogP contribution in [0.4, 0.5) is 10.1 Å². The van der Waals surface area contributed by atoms with E-state index in [1.807, 2.05) is 12.1 Å². The quantitative estimate of drug-likeness (QED) is 0.827. The van der Waals surface area contributed by atoms with Crippen molar-refractivity contribution in [2.24, 2.45) is 0 Å². The molecule has 0 amide bonds. The van der Waals surface area contributed by atoms with Gasteiger partial charge in [0.25, 0.3) is 0 Å². The molecular weight excluding hydrogens is 237 g/mol. The van der Waals surface area contributed by atoms with Crippen LogP contribution in [0.5, 0.6) is 0 Å². The fraction of sp³-hybridized carbons (Fsp3) is 0.294. The summed E-state index contributed by atoms with van der Waals surface area (Å²) in [4.78, 5) is 0. The highest BCUT2D eigenvalue weighted by atomic mass is 19.1. The predicted octanol–water partition coefficient (Wildman–Crippen LogP) is 4.57. The van der Waals surface area contributed by atoms with E-state index in [4.69, 9.17) is 0 Å². The fourth-order valence-corrected chi connectivity index (χ4v) is 2.12. The van der Waals surface area contributed by atoms with Gasteiger partial charge in [-0.2, -0.15) is 0 Å². The summed E-state index contributed by atoms with van der Waals surface area (Å²) in [6.07, 6.45) is 2.11. The summed E-state index contributed by atoms with van der Waals surface area (Å²) in [6, 6.07) is 16.0. The zero-order valence-corrected chi connectivity index (χ0v) is 11.5. The molecule has 0 heterocycles. The smallest absolute Gasteiger partial charge is 0.126 e. The lowest BCUT2D eigenvalue weighted by Gasteiger charge is -2.15. The third-order valence-corrected chi connectivity index (χ3v) is 3.28. The number of aryl methyl sites for hydroxylation is 2. The van der Waals surface area contributed by atoms with Crippen LogP contribution in [0.15, 0.2) is 48.5 Å². The van der Waals surface area contributed by atoms with Crippen LogP contribution in [0.25, 0.3) is 0 Å². The Morgan fingerprint density at radius 1 is 1.11 bits per heavy atom. The molecule has 100 valence electrons. The van der Waals surface area contributed by atoms with Crippen LogP contribution < -0.4 is 5.32 Å². The van der Waals surface area contributed by atoms with Crippen molar-refractivity contribution in [1.29, 1.82) is 0 Å². The molecule has 0 aliphatic carbocycles. The molecule has 0 bridgehead atoms. The van der Waals surface area contributed by atoms with E-state index < -0.39 is 0 Å². The first-order valence-electron chi connectivity index (χ1n) is 6.72.